The van der Waals surface area contributed by atoms with Crippen LogP contribution >= 0.6 is 0 Å². The van der Waals surface area contributed by atoms with Gasteiger partial charge in [-0.15, -0.1) is 0 Å². The maximum Gasteiger partial charge on any atom is 0.101 e. The third kappa shape index (κ3) is 0.960. The average Bonchev–Trinajstić information content (AvgIpc) is 2.49. The molecule has 0 saturated carbocycles. The largest absolute Gasteiger partial charge is 0.396 e. The van der Waals surface area contributed by atoms with Crippen LogP contribution in [0.3, 0.4) is 0 Å². The second kappa shape index (κ2) is 2.53. The highest BCUT2D eigenvalue weighted by molar-refractivity contribution is 5.93. The van der Waals surface area contributed by atoms with Crippen molar-refractivity contribution >= 4 is 16.6 Å². The van der Waals surface area contributed by atoms with E-state index < -0.39 is 0 Å². The summed E-state index contributed by atoms with van der Waals surface area (Å²) < 4.78 is 1.92. The Hall–Kier alpha value is -1.95. The first-order chi connectivity index (χ1) is 6.24. The summed E-state index contributed by atoms with van der Waals surface area (Å²) in [6.45, 7) is 0. The van der Waals surface area contributed by atoms with Crippen molar-refractivity contribution in [1.29, 1.82) is 5.26 Å². The van der Waals surface area contributed by atoms with E-state index in [0.717, 1.165) is 10.9 Å². The van der Waals surface area contributed by atoms with Gasteiger partial charge in [0.2, 0.25) is 0 Å². The highest BCUT2D eigenvalue weighted by atomic mass is 14.9. The van der Waals surface area contributed by atoms with Gasteiger partial charge >= 0.3 is 0 Å². The fourth-order valence-electron chi connectivity index (χ4n) is 1.52. The van der Waals surface area contributed by atoms with Crippen LogP contribution in [0.2, 0.25) is 0 Å². The van der Waals surface area contributed by atoms with Gasteiger partial charge in [0.15, 0.2) is 0 Å². The number of hydrogen-bond donors (Lipinski definition) is 1. The van der Waals surface area contributed by atoms with Gasteiger partial charge in [0.25, 0.3) is 0 Å². The van der Waals surface area contributed by atoms with Crippen LogP contribution in [0, 0.1) is 11.3 Å². The summed E-state index contributed by atoms with van der Waals surface area (Å²) in [7, 11) is 1.92. The van der Waals surface area contributed by atoms with Gasteiger partial charge in [-0.2, -0.15) is 5.26 Å². The van der Waals surface area contributed by atoms with Crippen LogP contribution < -0.4 is 5.73 Å². The lowest BCUT2D eigenvalue weighted by Gasteiger charge is -2.02. The zero-order valence-corrected chi connectivity index (χ0v) is 7.28. The Morgan fingerprint density at radius 3 is 2.85 bits per heavy atom. The number of fused-ring (bicyclic) bond motifs is 1. The van der Waals surface area contributed by atoms with Gasteiger partial charge in [-0.05, 0) is 12.1 Å². The van der Waals surface area contributed by atoms with E-state index in [2.05, 4.69) is 6.07 Å². The van der Waals surface area contributed by atoms with Crippen LogP contribution in [0.5, 0.6) is 0 Å². The predicted octanol–water partition coefficient (Wildman–Crippen LogP) is 1.63. The summed E-state index contributed by atoms with van der Waals surface area (Å²) >= 11 is 0. The minimum absolute atomic E-state index is 0.536. The normalized spacial score (nSPS) is 10.2. The molecule has 0 unspecified atom stereocenters. The maximum atomic E-state index is 8.77. The van der Waals surface area contributed by atoms with Gasteiger partial charge in [0, 0.05) is 18.6 Å². The van der Waals surface area contributed by atoms with E-state index in [1.165, 1.54) is 0 Å². The molecule has 0 fully saturated rings. The first-order valence-electron chi connectivity index (χ1n) is 3.97. The number of nitrogens with zero attached hydrogens (tertiary/aromatic N) is 2. The van der Waals surface area contributed by atoms with Crippen LogP contribution in [0.1, 0.15) is 5.56 Å². The molecule has 1 aromatic heterocycles. The van der Waals surface area contributed by atoms with Crippen molar-refractivity contribution < 1.29 is 0 Å². The molecule has 3 nitrogen and oxygen atoms in total. The summed E-state index contributed by atoms with van der Waals surface area (Å²) in [5.41, 5.74) is 7.86. The Kier molecular flexibility index (Phi) is 1.49. The number of nitrogen functional groups attached to an aromatic ring is 1. The number of aromatic nitrogens is 1. The second-order valence-electron chi connectivity index (χ2n) is 3.00. The molecule has 0 aliphatic heterocycles. The Morgan fingerprint density at radius 1 is 1.38 bits per heavy atom. The number of nitriles is 1. The van der Waals surface area contributed by atoms with Crippen molar-refractivity contribution in [2.75, 3.05) is 5.73 Å². The molecule has 1 aromatic carbocycles. The van der Waals surface area contributed by atoms with Gasteiger partial charge in [-0.25, -0.2) is 0 Å². The molecule has 0 saturated heterocycles. The molecule has 0 aliphatic carbocycles. The fourth-order valence-corrected chi connectivity index (χ4v) is 1.52. The van der Waals surface area contributed by atoms with E-state index >= 15 is 0 Å². The van der Waals surface area contributed by atoms with Gasteiger partial charge < -0.3 is 10.3 Å². The van der Waals surface area contributed by atoms with Crippen molar-refractivity contribution in [1.82, 2.24) is 4.57 Å². The van der Waals surface area contributed by atoms with E-state index in [9.17, 15) is 0 Å². The molecule has 0 amide bonds. The zero-order chi connectivity index (χ0) is 9.42. The monoisotopic (exact) mass is 171 g/mol. The van der Waals surface area contributed by atoms with Crippen molar-refractivity contribution in [2.45, 2.75) is 0 Å². The summed E-state index contributed by atoms with van der Waals surface area (Å²) in [4.78, 5) is 0. The van der Waals surface area contributed by atoms with Crippen LogP contribution in [0.15, 0.2) is 24.4 Å². The van der Waals surface area contributed by atoms with E-state index in [1.807, 2.05) is 29.9 Å². The van der Waals surface area contributed by atoms with Gasteiger partial charge in [0.05, 0.1) is 16.8 Å². The minimum Gasteiger partial charge on any atom is -0.396 e. The quantitative estimate of drug-likeness (QED) is 0.612. The third-order valence-electron chi connectivity index (χ3n) is 2.20. The molecule has 2 N–H and O–H groups in total. The molecule has 3 heteroatoms. The average molecular weight is 171 g/mol. The molecular formula is C10H9N3. The zero-order valence-electron chi connectivity index (χ0n) is 7.28. The Bertz CT molecular complexity index is 503. The topological polar surface area (TPSA) is 54.7 Å². The van der Waals surface area contributed by atoms with Crippen molar-refractivity contribution in [3.8, 4) is 6.07 Å². The molecule has 13 heavy (non-hydrogen) atoms. The van der Waals surface area contributed by atoms with Gasteiger partial charge in [-0.1, -0.05) is 6.07 Å². The van der Waals surface area contributed by atoms with Crippen LogP contribution in [0.25, 0.3) is 10.9 Å². The third-order valence-corrected chi connectivity index (χ3v) is 2.20. The standard InChI is InChI=1S/C10H9N3/c1-13-5-4-7-2-3-8(6-11)9(12)10(7)13/h2-5H,12H2,1H3. The number of nitrogens with two attached hydrogens (primary N) is 1. The molecule has 0 spiro atoms. The highest BCUT2D eigenvalue weighted by Crippen LogP contribution is 2.24. The van der Waals surface area contributed by atoms with E-state index in [0.29, 0.717) is 11.3 Å². The molecule has 1 heterocycles. The van der Waals surface area contributed by atoms with E-state index in [4.69, 9.17) is 11.0 Å². The SMILES string of the molecule is Cn1ccc2ccc(C#N)c(N)c21. The molecule has 2 aromatic rings. The smallest absolute Gasteiger partial charge is 0.101 e. The Balaban J connectivity index is 2.93. The van der Waals surface area contributed by atoms with Crippen LogP contribution in [-0.2, 0) is 7.05 Å². The molecule has 0 radical (unpaired) electrons. The summed E-state index contributed by atoms with van der Waals surface area (Å²) in [6, 6.07) is 7.70. The van der Waals surface area contributed by atoms with E-state index in [1.54, 1.807) is 6.07 Å². The predicted molar refractivity (Wildman–Crippen MR) is 52.0 cm³/mol. The first-order valence-corrected chi connectivity index (χ1v) is 3.97. The van der Waals surface area contributed by atoms with Crippen molar-refractivity contribution in [2.24, 2.45) is 7.05 Å². The molecule has 2 rings (SSSR count). The lowest BCUT2D eigenvalue weighted by molar-refractivity contribution is 0.970. The number of anilines is 1. The van der Waals surface area contributed by atoms with Crippen molar-refractivity contribution in [3.05, 3.63) is 30.0 Å². The molecule has 64 valence electrons. The lowest BCUT2D eigenvalue weighted by Crippen LogP contribution is -1.95. The van der Waals surface area contributed by atoms with Crippen molar-refractivity contribution in [3.63, 3.8) is 0 Å². The Morgan fingerprint density at radius 2 is 2.15 bits per heavy atom. The molecule has 0 aliphatic rings. The van der Waals surface area contributed by atoms with Crippen LogP contribution in [0.4, 0.5) is 5.69 Å². The summed E-state index contributed by atoms with van der Waals surface area (Å²) in [5.74, 6) is 0. The number of benzene rings is 1. The molecular weight excluding hydrogens is 162 g/mol. The van der Waals surface area contributed by atoms with Gasteiger partial charge in [0.1, 0.15) is 6.07 Å². The molecule has 0 atom stereocenters. The van der Waals surface area contributed by atoms with Crippen LogP contribution in [-0.4, -0.2) is 4.57 Å². The minimum atomic E-state index is 0.536. The maximum absolute atomic E-state index is 8.77. The van der Waals surface area contributed by atoms with Gasteiger partial charge in [-0.3, -0.25) is 0 Å². The second-order valence-corrected chi connectivity index (χ2v) is 3.00. The molecule has 0 bridgehead atoms. The number of rotatable bonds is 0. The summed E-state index contributed by atoms with van der Waals surface area (Å²) in [6.07, 6.45) is 1.93. The van der Waals surface area contributed by atoms with E-state index in [-0.39, 0.29) is 0 Å². The summed E-state index contributed by atoms with van der Waals surface area (Å²) in [5, 5.41) is 9.84. The Labute approximate surface area is 76.0 Å². The number of hydrogen-bond acceptors (Lipinski definition) is 2. The number of aryl methyl sites for hydroxylation is 1. The fraction of sp³-hybridized carbons (Fsp3) is 0.100. The first kappa shape index (κ1) is 7.69. The highest BCUT2D eigenvalue weighted by Gasteiger charge is 2.05. The lowest BCUT2D eigenvalue weighted by atomic mass is 10.1.